The van der Waals surface area contributed by atoms with E-state index < -0.39 is 0 Å². The van der Waals surface area contributed by atoms with Gasteiger partial charge in [0.15, 0.2) is 0 Å². The molecule has 96 valence electrons. The fraction of sp³-hybridized carbons (Fsp3) is 0. The second kappa shape index (κ2) is 4.96. The SMILES string of the molecule is Nc1c(Cl)cccc1-c1nc(-c2ccc(Br)s2)no1. The molecule has 0 fully saturated rings. The molecule has 2 heterocycles. The Morgan fingerprint density at radius 3 is 2.84 bits per heavy atom. The Morgan fingerprint density at radius 1 is 1.26 bits per heavy atom. The largest absolute Gasteiger partial charge is 0.397 e. The topological polar surface area (TPSA) is 64.9 Å². The first-order valence-corrected chi connectivity index (χ1v) is 7.27. The summed E-state index contributed by atoms with van der Waals surface area (Å²) in [6.45, 7) is 0. The summed E-state index contributed by atoms with van der Waals surface area (Å²) in [7, 11) is 0. The van der Waals surface area contributed by atoms with Crippen LogP contribution in [0.25, 0.3) is 22.2 Å². The van der Waals surface area contributed by atoms with Gasteiger partial charge in [-0.2, -0.15) is 4.98 Å². The predicted molar refractivity (Wildman–Crippen MR) is 80.2 cm³/mol. The number of benzene rings is 1. The number of rotatable bonds is 2. The van der Waals surface area contributed by atoms with Gasteiger partial charge in [-0.3, -0.25) is 0 Å². The van der Waals surface area contributed by atoms with Gasteiger partial charge in [-0.1, -0.05) is 22.8 Å². The molecule has 0 aliphatic carbocycles. The van der Waals surface area contributed by atoms with Crippen molar-refractivity contribution in [2.75, 3.05) is 5.73 Å². The minimum Gasteiger partial charge on any atom is -0.397 e. The molecule has 7 heteroatoms. The molecular formula is C12H7BrClN3OS. The molecule has 3 rings (SSSR count). The van der Waals surface area contributed by atoms with Crippen molar-refractivity contribution in [3.63, 3.8) is 0 Å². The quantitative estimate of drug-likeness (QED) is 0.688. The number of halogens is 2. The van der Waals surface area contributed by atoms with Gasteiger partial charge in [0.2, 0.25) is 5.82 Å². The number of para-hydroxylation sites is 1. The third-order valence-corrected chi connectivity index (χ3v) is 4.45. The Bertz CT molecular complexity index is 740. The van der Waals surface area contributed by atoms with Crippen molar-refractivity contribution < 1.29 is 4.52 Å². The molecule has 0 saturated carbocycles. The monoisotopic (exact) mass is 355 g/mol. The van der Waals surface area contributed by atoms with E-state index in [1.54, 1.807) is 18.2 Å². The molecule has 2 N–H and O–H groups in total. The maximum absolute atomic E-state index is 5.97. The molecule has 0 atom stereocenters. The number of nitrogen functional groups attached to an aromatic ring is 1. The van der Waals surface area contributed by atoms with Gasteiger partial charge in [-0.25, -0.2) is 0 Å². The standard InChI is InChI=1S/C12H7BrClN3OS/c13-9-5-4-8(19-9)11-16-12(18-17-11)6-2-1-3-7(14)10(6)15/h1-5H,15H2. The number of anilines is 1. The first-order chi connectivity index (χ1) is 9.15. The first-order valence-electron chi connectivity index (χ1n) is 5.29. The van der Waals surface area contributed by atoms with Crippen molar-refractivity contribution in [3.05, 3.63) is 39.1 Å². The van der Waals surface area contributed by atoms with Crippen LogP contribution >= 0.6 is 38.9 Å². The summed E-state index contributed by atoms with van der Waals surface area (Å²) in [4.78, 5) is 5.26. The lowest BCUT2D eigenvalue weighted by atomic mass is 10.2. The maximum atomic E-state index is 5.97. The second-order valence-corrected chi connectivity index (χ2v) is 6.60. The van der Waals surface area contributed by atoms with Gasteiger partial charge < -0.3 is 10.3 Å². The van der Waals surface area contributed by atoms with Gasteiger partial charge in [0.25, 0.3) is 5.89 Å². The molecule has 0 saturated heterocycles. The van der Waals surface area contributed by atoms with Crippen molar-refractivity contribution in [2.24, 2.45) is 0 Å². The summed E-state index contributed by atoms with van der Waals surface area (Å²) in [5.74, 6) is 0.893. The highest BCUT2D eigenvalue weighted by atomic mass is 79.9. The van der Waals surface area contributed by atoms with E-state index in [4.69, 9.17) is 21.9 Å². The van der Waals surface area contributed by atoms with Gasteiger partial charge in [-0.15, -0.1) is 11.3 Å². The lowest BCUT2D eigenvalue weighted by molar-refractivity contribution is 0.432. The van der Waals surface area contributed by atoms with Crippen LogP contribution in [0.1, 0.15) is 0 Å². The van der Waals surface area contributed by atoms with Crippen LogP contribution in [0.2, 0.25) is 5.02 Å². The minimum atomic E-state index is 0.361. The van der Waals surface area contributed by atoms with Gasteiger partial charge in [0.05, 0.1) is 24.9 Å². The summed E-state index contributed by atoms with van der Waals surface area (Å²) < 4.78 is 6.25. The summed E-state index contributed by atoms with van der Waals surface area (Å²) in [6.07, 6.45) is 0. The second-order valence-electron chi connectivity index (χ2n) is 3.73. The lowest BCUT2D eigenvalue weighted by Gasteiger charge is -2.01. The van der Waals surface area contributed by atoms with Gasteiger partial charge in [-0.05, 0) is 40.2 Å². The molecule has 3 aromatic rings. The lowest BCUT2D eigenvalue weighted by Crippen LogP contribution is -1.91. The number of thiophene rings is 1. The van der Waals surface area contributed by atoms with Crippen molar-refractivity contribution in [1.29, 1.82) is 0 Å². The molecule has 0 aliphatic heterocycles. The number of hydrogen-bond donors (Lipinski definition) is 1. The zero-order valence-corrected chi connectivity index (χ0v) is 12.6. The van der Waals surface area contributed by atoms with Crippen molar-refractivity contribution in [2.45, 2.75) is 0 Å². The van der Waals surface area contributed by atoms with Crippen LogP contribution in [0.5, 0.6) is 0 Å². The van der Waals surface area contributed by atoms with E-state index in [0.717, 1.165) is 8.66 Å². The number of aromatic nitrogens is 2. The molecule has 19 heavy (non-hydrogen) atoms. The molecule has 1 aromatic carbocycles. The highest BCUT2D eigenvalue weighted by Gasteiger charge is 2.15. The van der Waals surface area contributed by atoms with Crippen LogP contribution < -0.4 is 5.73 Å². The van der Waals surface area contributed by atoms with Crippen LogP contribution in [0.3, 0.4) is 0 Å². The third-order valence-electron chi connectivity index (χ3n) is 2.50. The molecule has 0 unspecified atom stereocenters. The van der Waals surface area contributed by atoms with Gasteiger partial charge in [0.1, 0.15) is 0 Å². The van der Waals surface area contributed by atoms with Crippen molar-refractivity contribution in [3.8, 4) is 22.2 Å². The molecule has 0 bridgehead atoms. The van der Waals surface area contributed by atoms with E-state index in [2.05, 4.69) is 26.1 Å². The van der Waals surface area contributed by atoms with E-state index in [-0.39, 0.29) is 0 Å². The molecule has 0 radical (unpaired) electrons. The fourth-order valence-corrected chi connectivity index (χ4v) is 3.08. The Labute approximate surface area is 126 Å². The first kappa shape index (κ1) is 12.7. The van der Waals surface area contributed by atoms with E-state index in [0.29, 0.717) is 28.0 Å². The average Bonchev–Trinajstić information content (AvgIpc) is 3.01. The number of hydrogen-bond acceptors (Lipinski definition) is 5. The van der Waals surface area contributed by atoms with Crippen LogP contribution in [0, 0.1) is 0 Å². The summed E-state index contributed by atoms with van der Waals surface area (Å²) >= 11 is 10.9. The van der Waals surface area contributed by atoms with Crippen LogP contribution in [0.15, 0.2) is 38.6 Å². The Balaban J connectivity index is 2.04. The summed E-state index contributed by atoms with van der Waals surface area (Å²) in [5, 5.41) is 4.42. The predicted octanol–water partition coefficient (Wildman–Crippen LogP) is 4.46. The Hall–Kier alpha value is -1.37. The van der Waals surface area contributed by atoms with E-state index in [1.807, 2.05) is 12.1 Å². The summed E-state index contributed by atoms with van der Waals surface area (Å²) in [6, 6.07) is 9.16. The highest BCUT2D eigenvalue weighted by molar-refractivity contribution is 9.11. The van der Waals surface area contributed by atoms with Gasteiger partial charge in [0, 0.05) is 0 Å². The molecule has 0 aliphatic rings. The van der Waals surface area contributed by atoms with Crippen molar-refractivity contribution in [1.82, 2.24) is 10.1 Å². The maximum Gasteiger partial charge on any atom is 0.260 e. The van der Waals surface area contributed by atoms with Crippen LogP contribution in [-0.4, -0.2) is 10.1 Å². The number of nitrogens with zero attached hydrogens (tertiary/aromatic N) is 2. The van der Waals surface area contributed by atoms with Gasteiger partial charge >= 0.3 is 0 Å². The average molecular weight is 357 g/mol. The normalized spacial score (nSPS) is 10.8. The fourth-order valence-electron chi connectivity index (χ4n) is 1.59. The minimum absolute atomic E-state index is 0.361. The zero-order valence-electron chi connectivity index (χ0n) is 9.43. The molecule has 0 amide bonds. The number of nitrogens with two attached hydrogens (primary N) is 1. The van der Waals surface area contributed by atoms with E-state index in [9.17, 15) is 0 Å². The highest BCUT2D eigenvalue weighted by Crippen LogP contribution is 2.33. The smallest absolute Gasteiger partial charge is 0.260 e. The Morgan fingerprint density at radius 2 is 2.11 bits per heavy atom. The molecule has 4 nitrogen and oxygen atoms in total. The van der Waals surface area contributed by atoms with Crippen molar-refractivity contribution >= 4 is 44.6 Å². The molecule has 0 spiro atoms. The Kier molecular flexibility index (Phi) is 3.30. The molecular weight excluding hydrogens is 350 g/mol. The zero-order chi connectivity index (χ0) is 13.4. The molecule has 2 aromatic heterocycles. The van der Waals surface area contributed by atoms with Crippen LogP contribution in [-0.2, 0) is 0 Å². The van der Waals surface area contributed by atoms with E-state index >= 15 is 0 Å². The van der Waals surface area contributed by atoms with Crippen LogP contribution in [0.4, 0.5) is 5.69 Å². The van der Waals surface area contributed by atoms with E-state index in [1.165, 1.54) is 11.3 Å². The summed E-state index contributed by atoms with van der Waals surface area (Å²) in [5.41, 5.74) is 6.98. The third kappa shape index (κ3) is 2.39.